The fraction of sp³-hybridized carbons (Fsp3) is 0.0800. The van der Waals surface area contributed by atoms with Gasteiger partial charge in [0.1, 0.15) is 5.82 Å². The lowest BCUT2D eigenvalue weighted by Gasteiger charge is -2.12. The summed E-state index contributed by atoms with van der Waals surface area (Å²) >= 11 is 0. The summed E-state index contributed by atoms with van der Waals surface area (Å²) in [6.07, 6.45) is 1.53. The van der Waals surface area contributed by atoms with E-state index in [2.05, 4.69) is 15.6 Å². The monoisotopic (exact) mass is 462 g/mol. The molecule has 0 aliphatic heterocycles. The second-order valence-electron chi connectivity index (χ2n) is 7.49. The summed E-state index contributed by atoms with van der Waals surface area (Å²) in [5.41, 5.74) is 1.72. The van der Waals surface area contributed by atoms with Crippen LogP contribution in [0.2, 0.25) is 0 Å². The number of benzene rings is 3. The van der Waals surface area contributed by atoms with Gasteiger partial charge in [-0.25, -0.2) is 18.2 Å². The Morgan fingerprint density at radius 3 is 2.47 bits per heavy atom. The maximum Gasteiger partial charge on any atom is 0.299 e. The van der Waals surface area contributed by atoms with Crippen LogP contribution in [0, 0.1) is 42.6 Å². The molecule has 170 valence electrons. The third-order valence-corrected chi connectivity index (χ3v) is 5.16. The van der Waals surface area contributed by atoms with Crippen molar-refractivity contribution in [2.24, 2.45) is 0 Å². The standard InChI is InChI=1S/C25H17F3N4O2/c1-13-3-8-17(31-24(33)18-10-19(26)23(28)14(2)22(18)27)9-20(13)32-25-30-12-21(34-25)16-6-4-15(11-29)5-7-16/h3-10,12H,1-2H3,(H,30,32)(H,31,33). The van der Waals surface area contributed by atoms with Gasteiger partial charge in [0.05, 0.1) is 23.4 Å². The lowest BCUT2D eigenvalue weighted by atomic mass is 10.1. The van der Waals surface area contributed by atoms with Crippen molar-refractivity contribution >= 4 is 23.3 Å². The highest BCUT2D eigenvalue weighted by Gasteiger charge is 2.20. The smallest absolute Gasteiger partial charge is 0.299 e. The number of carbonyl (C=O) groups excluding carboxylic acids is 1. The third-order valence-electron chi connectivity index (χ3n) is 5.16. The molecule has 4 rings (SSSR count). The highest BCUT2D eigenvalue weighted by atomic mass is 19.2. The Bertz CT molecular complexity index is 1440. The van der Waals surface area contributed by atoms with Gasteiger partial charge in [-0.2, -0.15) is 5.26 Å². The molecule has 1 heterocycles. The van der Waals surface area contributed by atoms with Gasteiger partial charge in [-0.1, -0.05) is 6.07 Å². The van der Waals surface area contributed by atoms with Gasteiger partial charge in [0.15, 0.2) is 17.4 Å². The first-order valence-electron chi connectivity index (χ1n) is 10.1. The summed E-state index contributed by atoms with van der Waals surface area (Å²) < 4.78 is 47.2. The van der Waals surface area contributed by atoms with E-state index in [-0.39, 0.29) is 6.01 Å². The number of hydrogen-bond donors (Lipinski definition) is 2. The molecule has 0 aliphatic rings. The van der Waals surface area contributed by atoms with E-state index in [9.17, 15) is 18.0 Å². The fourth-order valence-corrected chi connectivity index (χ4v) is 3.22. The molecule has 0 saturated carbocycles. The number of hydrogen-bond acceptors (Lipinski definition) is 5. The van der Waals surface area contributed by atoms with Gasteiger partial charge in [0.25, 0.3) is 11.9 Å². The van der Waals surface area contributed by atoms with Gasteiger partial charge in [-0.15, -0.1) is 0 Å². The summed E-state index contributed by atoms with van der Waals surface area (Å²) in [5.74, 6) is -4.21. The van der Waals surface area contributed by atoms with E-state index in [1.807, 2.05) is 13.0 Å². The molecule has 0 aliphatic carbocycles. The van der Waals surface area contributed by atoms with Crippen molar-refractivity contribution in [3.63, 3.8) is 0 Å². The van der Waals surface area contributed by atoms with Crippen LogP contribution in [0.1, 0.15) is 27.0 Å². The number of nitriles is 1. The zero-order valence-electron chi connectivity index (χ0n) is 18.0. The molecule has 0 saturated heterocycles. The zero-order valence-corrected chi connectivity index (χ0v) is 18.0. The quantitative estimate of drug-likeness (QED) is 0.343. The fourth-order valence-electron chi connectivity index (χ4n) is 3.22. The largest absolute Gasteiger partial charge is 0.423 e. The number of rotatable bonds is 5. The number of aromatic nitrogens is 1. The Balaban J connectivity index is 1.54. The number of oxazole rings is 1. The van der Waals surface area contributed by atoms with E-state index in [1.54, 1.807) is 42.5 Å². The van der Waals surface area contributed by atoms with Crippen LogP contribution in [-0.2, 0) is 0 Å². The first kappa shape index (κ1) is 22.6. The molecule has 4 aromatic rings. The van der Waals surface area contributed by atoms with Gasteiger partial charge in [0, 0.05) is 22.5 Å². The predicted molar refractivity (Wildman–Crippen MR) is 120 cm³/mol. The van der Waals surface area contributed by atoms with Crippen LogP contribution >= 0.6 is 0 Å². The van der Waals surface area contributed by atoms with Crippen LogP contribution in [0.3, 0.4) is 0 Å². The zero-order chi connectivity index (χ0) is 24.4. The summed E-state index contributed by atoms with van der Waals surface area (Å²) in [6.45, 7) is 2.87. The summed E-state index contributed by atoms with van der Waals surface area (Å²) in [7, 11) is 0. The van der Waals surface area contributed by atoms with Crippen molar-refractivity contribution in [1.29, 1.82) is 5.26 Å². The van der Waals surface area contributed by atoms with E-state index in [1.165, 1.54) is 6.20 Å². The molecule has 0 bridgehead atoms. The maximum absolute atomic E-state index is 14.3. The molecule has 1 aromatic heterocycles. The Morgan fingerprint density at radius 1 is 1.03 bits per heavy atom. The Morgan fingerprint density at radius 2 is 1.76 bits per heavy atom. The second-order valence-corrected chi connectivity index (χ2v) is 7.49. The molecule has 0 fully saturated rings. The average molecular weight is 462 g/mol. The van der Waals surface area contributed by atoms with Crippen LogP contribution < -0.4 is 10.6 Å². The van der Waals surface area contributed by atoms with Crippen molar-refractivity contribution in [2.75, 3.05) is 10.6 Å². The molecule has 0 atom stereocenters. The van der Waals surface area contributed by atoms with Crippen LogP contribution in [0.15, 0.2) is 59.1 Å². The molecular formula is C25H17F3N4O2. The Kier molecular flexibility index (Phi) is 6.06. The minimum absolute atomic E-state index is 0.188. The van der Waals surface area contributed by atoms with Crippen LogP contribution in [0.25, 0.3) is 11.3 Å². The number of anilines is 3. The summed E-state index contributed by atoms with van der Waals surface area (Å²) in [6, 6.07) is 14.4. The maximum atomic E-state index is 14.3. The minimum atomic E-state index is -1.33. The van der Waals surface area contributed by atoms with Gasteiger partial charge in [-0.05, 0) is 61.9 Å². The second kappa shape index (κ2) is 9.11. The number of nitrogens with zero attached hydrogens (tertiary/aromatic N) is 2. The number of halogens is 3. The average Bonchev–Trinajstić information content (AvgIpc) is 3.30. The number of nitrogens with one attached hydrogen (secondary N) is 2. The SMILES string of the molecule is Cc1ccc(NC(=O)c2cc(F)c(F)c(C)c2F)cc1Nc1ncc(-c2ccc(C#N)cc2)o1. The molecular weight excluding hydrogens is 445 g/mol. The topological polar surface area (TPSA) is 91.0 Å². The molecule has 1 amide bonds. The van der Waals surface area contributed by atoms with Crippen LogP contribution in [-0.4, -0.2) is 10.9 Å². The molecule has 2 N–H and O–H groups in total. The van der Waals surface area contributed by atoms with Crippen LogP contribution in [0.4, 0.5) is 30.6 Å². The van der Waals surface area contributed by atoms with Crippen molar-refractivity contribution < 1.29 is 22.4 Å². The summed E-state index contributed by atoms with van der Waals surface area (Å²) in [5, 5.41) is 14.4. The third kappa shape index (κ3) is 4.47. The van der Waals surface area contributed by atoms with E-state index in [4.69, 9.17) is 9.68 Å². The molecule has 3 aromatic carbocycles. The number of amides is 1. The first-order valence-corrected chi connectivity index (χ1v) is 10.1. The Labute approximate surface area is 192 Å². The molecule has 0 unspecified atom stereocenters. The van der Waals surface area contributed by atoms with Crippen molar-refractivity contribution in [3.05, 3.63) is 94.4 Å². The van der Waals surface area contributed by atoms with Crippen molar-refractivity contribution in [2.45, 2.75) is 13.8 Å². The van der Waals surface area contributed by atoms with Gasteiger partial charge in [0.2, 0.25) is 0 Å². The Hall–Kier alpha value is -4.58. The molecule has 34 heavy (non-hydrogen) atoms. The van der Waals surface area contributed by atoms with Gasteiger partial charge < -0.3 is 15.1 Å². The van der Waals surface area contributed by atoms with Crippen LogP contribution in [0.5, 0.6) is 0 Å². The summed E-state index contributed by atoms with van der Waals surface area (Å²) in [4.78, 5) is 16.7. The van der Waals surface area contributed by atoms with E-state index in [0.29, 0.717) is 28.8 Å². The molecule has 0 spiro atoms. The predicted octanol–water partition coefficient (Wildman–Crippen LogP) is 6.24. The highest BCUT2D eigenvalue weighted by Crippen LogP contribution is 2.28. The van der Waals surface area contributed by atoms with E-state index < -0.39 is 34.5 Å². The van der Waals surface area contributed by atoms with E-state index in [0.717, 1.165) is 18.1 Å². The highest BCUT2D eigenvalue weighted by molar-refractivity contribution is 6.04. The minimum Gasteiger partial charge on any atom is -0.423 e. The van der Waals surface area contributed by atoms with Gasteiger partial charge in [-0.3, -0.25) is 4.79 Å². The molecule has 0 radical (unpaired) electrons. The molecule has 9 heteroatoms. The van der Waals surface area contributed by atoms with Gasteiger partial charge >= 0.3 is 0 Å². The number of carbonyl (C=O) groups is 1. The van der Waals surface area contributed by atoms with Crippen molar-refractivity contribution in [3.8, 4) is 17.4 Å². The van der Waals surface area contributed by atoms with E-state index >= 15 is 0 Å². The lowest BCUT2D eigenvalue weighted by molar-refractivity contribution is 0.102. The lowest BCUT2D eigenvalue weighted by Crippen LogP contribution is -2.16. The normalized spacial score (nSPS) is 10.6. The number of aryl methyl sites for hydroxylation is 1. The first-order chi connectivity index (χ1) is 16.3. The van der Waals surface area contributed by atoms with Crippen molar-refractivity contribution in [1.82, 2.24) is 4.98 Å². The molecule has 6 nitrogen and oxygen atoms in total.